The largest absolute Gasteiger partial charge is 0.339 e. The molecule has 1 amide bonds. The molecular weight excluding hydrogens is 224 g/mol. The lowest BCUT2D eigenvalue weighted by Crippen LogP contribution is -2.33. The van der Waals surface area contributed by atoms with Crippen LogP contribution in [-0.4, -0.2) is 30.4 Å². The summed E-state index contributed by atoms with van der Waals surface area (Å²) in [7, 11) is 0. The average molecular weight is 248 g/mol. The lowest BCUT2D eigenvalue weighted by molar-refractivity contribution is 0.0754. The molecule has 3 nitrogen and oxygen atoms in total. The van der Waals surface area contributed by atoms with Crippen molar-refractivity contribution in [2.75, 3.05) is 19.6 Å². The number of aryl methyl sites for hydroxylation is 2. The second-order valence-corrected chi connectivity index (χ2v) is 4.73. The van der Waals surface area contributed by atoms with E-state index in [2.05, 4.69) is 13.8 Å². The average Bonchev–Trinajstić information content (AvgIpc) is 2.37. The zero-order valence-electron chi connectivity index (χ0n) is 11.7. The summed E-state index contributed by atoms with van der Waals surface area (Å²) in [5, 5.41) is 0. The van der Waals surface area contributed by atoms with Crippen molar-refractivity contribution in [1.29, 1.82) is 0 Å². The predicted molar refractivity (Wildman–Crippen MR) is 75.8 cm³/mol. The van der Waals surface area contributed by atoms with Gasteiger partial charge >= 0.3 is 0 Å². The summed E-state index contributed by atoms with van der Waals surface area (Å²) in [6.07, 6.45) is 1.83. The Labute approximate surface area is 110 Å². The van der Waals surface area contributed by atoms with Gasteiger partial charge in [-0.1, -0.05) is 13.0 Å². The number of hydrogen-bond donors (Lipinski definition) is 1. The molecule has 0 bridgehead atoms. The van der Waals surface area contributed by atoms with Crippen LogP contribution in [0.25, 0.3) is 0 Å². The Kier molecular flexibility index (Phi) is 5.86. The van der Waals surface area contributed by atoms with Crippen LogP contribution in [0.4, 0.5) is 0 Å². The van der Waals surface area contributed by atoms with Gasteiger partial charge in [0.15, 0.2) is 0 Å². The van der Waals surface area contributed by atoms with E-state index in [1.807, 2.05) is 30.0 Å². The monoisotopic (exact) mass is 248 g/mol. The van der Waals surface area contributed by atoms with E-state index in [0.717, 1.165) is 37.1 Å². The smallest absolute Gasteiger partial charge is 0.253 e. The van der Waals surface area contributed by atoms with Crippen LogP contribution in [0.1, 0.15) is 41.3 Å². The Morgan fingerprint density at radius 2 is 1.94 bits per heavy atom. The minimum atomic E-state index is 0.119. The van der Waals surface area contributed by atoms with Crippen molar-refractivity contribution < 1.29 is 4.79 Å². The number of hydrogen-bond acceptors (Lipinski definition) is 2. The number of carbonyl (C=O) groups is 1. The highest BCUT2D eigenvalue weighted by molar-refractivity contribution is 5.94. The highest BCUT2D eigenvalue weighted by Crippen LogP contribution is 2.12. The van der Waals surface area contributed by atoms with Gasteiger partial charge < -0.3 is 10.6 Å². The first kappa shape index (κ1) is 14.7. The molecule has 0 atom stereocenters. The van der Waals surface area contributed by atoms with E-state index >= 15 is 0 Å². The van der Waals surface area contributed by atoms with Gasteiger partial charge in [-0.05, 0) is 56.5 Å². The van der Waals surface area contributed by atoms with Crippen molar-refractivity contribution in [3.05, 3.63) is 34.9 Å². The van der Waals surface area contributed by atoms with Gasteiger partial charge in [-0.2, -0.15) is 0 Å². The number of benzene rings is 1. The van der Waals surface area contributed by atoms with E-state index in [0.29, 0.717) is 6.54 Å². The lowest BCUT2D eigenvalue weighted by Gasteiger charge is -2.22. The fraction of sp³-hybridized carbons (Fsp3) is 0.533. The molecule has 100 valence electrons. The molecule has 2 N–H and O–H groups in total. The van der Waals surface area contributed by atoms with Gasteiger partial charge in [0.25, 0.3) is 5.91 Å². The minimum Gasteiger partial charge on any atom is -0.339 e. The quantitative estimate of drug-likeness (QED) is 0.840. The summed E-state index contributed by atoms with van der Waals surface area (Å²) < 4.78 is 0. The molecule has 1 aromatic carbocycles. The zero-order chi connectivity index (χ0) is 13.5. The fourth-order valence-electron chi connectivity index (χ4n) is 1.92. The van der Waals surface area contributed by atoms with Gasteiger partial charge in [-0.3, -0.25) is 4.79 Å². The first-order chi connectivity index (χ1) is 8.60. The fourth-order valence-corrected chi connectivity index (χ4v) is 1.92. The molecule has 0 spiro atoms. The maximum absolute atomic E-state index is 12.4. The number of rotatable bonds is 6. The van der Waals surface area contributed by atoms with E-state index in [1.165, 1.54) is 5.56 Å². The van der Waals surface area contributed by atoms with Crippen LogP contribution in [0, 0.1) is 13.8 Å². The molecule has 0 radical (unpaired) electrons. The molecular formula is C15H24N2O. The highest BCUT2D eigenvalue weighted by Gasteiger charge is 2.14. The van der Waals surface area contributed by atoms with Crippen LogP contribution >= 0.6 is 0 Å². The molecule has 0 aliphatic heterocycles. The summed E-state index contributed by atoms with van der Waals surface area (Å²) in [4.78, 5) is 14.3. The third kappa shape index (κ3) is 3.84. The SMILES string of the molecule is CCCN(CCCN)C(=O)c1ccc(C)c(C)c1. The summed E-state index contributed by atoms with van der Waals surface area (Å²) in [6.45, 7) is 8.35. The van der Waals surface area contributed by atoms with Gasteiger partial charge in [-0.15, -0.1) is 0 Å². The first-order valence-corrected chi connectivity index (χ1v) is 6.66. The van der Waals surface area contributed by atoms with E-state index in [-0.39, 0.29) is 5.91 Å². The van der Waals surface area contributed by atoms with Crippen molar-refractivity contribution in [2.24, 2.45) is 5.73 Å². The van der Waals surface area contributed by atoms with Crippen molar-refractivity contribution in [1.82, 2.24) is 4.90 Å². The van der Waals surface area contributed by atoms with Crippen LogP contribution < -0.4 is 5.73 Å². The lowest BCUT2D eigenvalue weighted by atomic mass is 10.1. The summed E-state index contributed by atoms with van der Waals surface area (Å²) in [5.41, 5.74) is 8.68. The topological polar surface area (TPSA) is 46.3 Å². The third-order valence-corrected chi connectivity index (χ3v) is 3.17. The summed E-state index contributed by atoms with van der Waals surface area (Å²) >= 11 is 0. The molecule has 1 rings (SSSR count). The van der Waals surface area contributed by atoms with E-state index in [4.69, 9.17) is 5.73 Å². The molecule has 0 unspecified atom stereocenters. The Morgan fingerprint density at radius 3 is 2.50 bits per heavy atom. The van der Waals surface area contributed by atoms with Gasteiger partial charge in [0, 0.05) is 18.7 Å². The van der Waals surface area contributed by atoms with E-state index < -0.39 is 0 Å². The number of amides is 1. The molecule has 0 fully saturated rings. The van der Waals surface area contributed by atoms with Gasteiger partial charge in [0.2, 0.25) is 0 Å². The molecule has 0 heterocycles. The summed E-state index contributed by atoms with van der Waals surface area (Å²) in [5.74, 6) is 0.119. The van der Waals surface area contributed by atoms with E-state index in [9.17, 15) is 4.79 Å². The van der Waals surface area contributed by atoms with E-state index in [1.54, 1.807) is 0 Å². The van der Waals surface area contributed by atoms with Crippen LogP contribution in [0.5, 0.6) is 0 Å². The minimum absolute atomic E-state index is 0.119. The molecule has 0 saturated carbocycles. The Balaban J connectivity index is 2.83. The van der Waals surface area contributed by atoms with Gasteiger partial charge in [0.1, 0.15) is 0 Å². The van der Waals surface area contributed by atoms with Gasteiger partial charge in [0.05, 0.1) is 0 Å². The predicted octanol–water partition coefficient (Wildman–Crippen LogP) is 2.50. The normalized spacial score (nSPS) is 10.4. The molecule has 0 aliphatic rings. The van der Waals surface area contributed by atoms with Crippen LogP contribution in [0.3, 0.4) is 0 Å². The van der Waals surface area contributed by atoms with Crippen molar-refractivity contribution in [3.63, 3.8) is 0 Å². The molecule has 0 aromatic heterocycles. The van der Waals surface area contributed by atoms with Crippen molar-refractivity contribution in [3.8, 4) is 0 Å². The van der Waals surface area contributed by atoms with Gasteiger partial charge in [-0.25, -0.2) is 0 Å². The van der Waals surface area contributed by atoms with Crippen molar-refractivity contribution in [2.45, 2.75) is 33.6 Å². The maximum Gasteiger partial charge on any atom is 0.253 e. The molecule has 18 heavy (non-hydrogen) atoms. The Morgan fingerprint density at radius 1 is 1.22 bits per heavy atom. The molecule has 1 aromatic rings. The van der Waals surface area contributed by atoms with Crippen LogP contribution in [-0.2, 0) is 0 Å². The number of carbonyl (C=O) groups excluding carboxylic acids is 1. The summed E-state index contributed by atoms with van der Waals surface area (Å²) in [6, 6.07) is 5.90. The molecule has 0 saturated heterocycles. The molecule has 3 heteroatoms. The van der Waals surface area contributed by atoms with Crippen LogP contribution in [0.15, 0.2) is 18.2 Å². The maximum atomic E-state index is 12.4. The number of nitrogens with two attached hydrogens (primary N) is 1. The Bertz CT molecular complexity index is 401. The second kappa shape index (κ2) is 7.17. The van der Waals surface area contributed by atoms with Crippen molar-refractivity contribution >= 4 is 5.91 Å². The highest BCUT2D eigenvalue weighted by atomic mass is 16.2. The molecule has 0 aliphatic carbocycles. The zero-order valence-corrected chi connectivity index (χ0v) is 11.7. The third-order valence-electron chi connectivity index (χ3n) is 3.17. The second-order valence-electron chi connectivity index (χ2n) is 4.73. The van der Waals surface area contributed by atoms with Crippen LogP contribution in [0.2, 0.25) is 0 Å². The standard InChI is InChI=1S/C15H24N2O/c1-4-9-17(10-5-8-16)15(18)14-7-6-12(2)13(3)11-14/h6-7,11H,4-5,8-10,16H2,1-3H3. The number of nitrogens with zero attached hydrogens (tertiary/aromatic N) is 1. The Hall–Kier alpha value is -1.35. The first-order valence-electron chi connectivity index (χ1n) is 6.66.